The molecule has 2 atom stereocenters. The fraction of sp³-hybridized carbons (Fsp3) is 0.500. The second-order valence-corrected chi connectivity index (χ2v) is 7.30. The molecule has 0 spiro atoms. The number of nitrogens with one attached hydrogen (secondary N) is 2. The summed E-state index contributed by atoms with van der Waals surface area (Å²) in [7, 11) is -4.63. The summed E-state index contributed by atoms with van der Waals surface area (Å²) in [5.74, 6) is -3.80. The van der Waals surface area contributed by atoms with Crippen molar-refractivity contribution in [1.29, 1.82) is 0 Å². The van der Waals surface area contributed by atoms with E-state index in [1.165, 1.54) is 12.1 Å². The second kappa shape index (κ2) is 8.03. The topological polar surface area (TPSA) is 75.3 Å². The van der Waals surface area contributed by atoms with E-state index < -0.39 is 20.5 Å². The van der Waals surface area contributed by atoms with Gasteiger partial charge in [0.1, 0.15) is 0 Å². The fourth-order valence-corrected chi connectivity index (χ4v) is 3.15. The molecule has 2 unspecified atom stereocenters. The minimum atomic E-state index is -4.63. The van der Waals surface area contributed by atoms with Crippen LogP contribution in [-0.2, 0) is 9.84 Å². The van der Waals surface area contributed by atoms with Crippen molar-refractivity contribution in [3.8, 4) is 0 Å². The Morgan fingerprint density at radius 1 is 1.30 bits per heavy atom. The molecule has 1 aliphatic heterocycles. The normalized spacial score (nSPS) is 21.6. The van der Waals surface area contributed by atoms with Gasteiger partial charge in [0.2, 0.25) is 9.84 Å². The molecule has 1 amide bonds. The average Bonchev–Trinajstić information content (AvgIpc) is 2.47. The van der Waals surface area contributed by atoms with Gasteiger partial charge in [-0.05, 0) is 50.6 Å². The molecule has 130 valence electrons. The van der Waals surface area contributed by atoms with E-state index in [2.05, 4.69) is 10.6 Å². The lowest BCUT2D eigenvalue weighted by atomic mass is 10.0. The van der Waals surface area contributed by atoms with E-state index >= 15 is 0 Å². The van der Waals surface area contributed by atoms with Crippen LogP contribution in [0, 0.1) is 0 Å². The minimum absolute atomic E-state index is 0. The lowest BCUT2D eigenvalue weighted by Gasteiger charge is -2.28. The van der Waals surface area contributed by atoms with Gasteiger partial charge in [0.15, 0.2) is 0 Å². The van der Waals surface area contributed by atoms with Crippen molar-refractivity contribution >= 4 is 28.2 Å². The predicted molar refractivity (Wildman–Crippen MR) is 84.8 cm³/mol. The summed E-state index contributed by atoms with van der Waals surface area (Å²) in [5, 5.41) is 6.14. The number of benzene rings is 1. The first-order chi connectivity index (χ1) is 10.3. The Morgan fingerprint density at radius 2 is 1.91 bits per heavy atom. The van der Waals surface area contributed by atoms with E-state index in [0.29, 0.717) is 6.04 Å². The Bertz CT molecular complexity index is 638. The van der Waals surface area contributed by atoms with E-state index in [1.54, 1.807) is 0 Å². The first-order valence-corrected chi connectivity index (χ1v) is 8.51. The number of alkyl halides is 2. The number of hydrogen-bond acceptors (Lipinski definition) is 4. The zero-order chi connectivity index (χ0) is 16.3. The molecule has 1 saturated heterocycles. The molecular formula is C14H19ClF2N2O3S. The molecule has 0 saturated carbocycles. The van der Waals surface area contributed by atoms with Crippen LogP contribution in [0.25, 0.3) is 0 Å². The quantitative estimate of drug-likeness (QED) is 0.852. The molecule has 0 bridgehead atoms. The molecule has 1 fully saturated rings. The molecule has 0 radical (unpaired) electrons. The number of piperidine rings is 1. The number of carbonyl (C=O) groups excluding carboxylic acids is 1. The van der Waals surface area contributed by atoms with E-state index in [1.807, 2.05) is 6.92 Å². The van der Waals surface area contributed by atoms with Crippen LogP contribution in [0.15, 0.2) is 29.2 Å². The zero-order valence-electron chi connectivity index (χ0n) is 12.5. The number of rotatable bonds is 4. The van der Waals surface area contributed by atoms with Crippen LogP contribution in [0.4, 0.5) is 8.78 Å². The van der Waals surface area contributed by atoms with E-state index in [9.17, 15) is 22.0 Å². The Balaban J connectivity index is 0.00000264. The number of hydrogen-bond donors (Lipinski definition) is 2. The van der Waals surface area contributed by atoms with E-state index in [4.69, 9.17) is 0 Å². The Labute approximate surface area is 140 Å². The minimum Gasteiger partial charge on any atom is -0.349 e. The highest BCUT2D eigenvalue weighted by molar-refractivity contribution is 7.91. The average molecular weight is 369 g/mol. The molecule has 9 heteroatoms. The van der Waals surface area contributed by atoms with Gasteiger partial charge in [0, 0.05) is 17.6 Å². The number of halogens is 3. The van der Waals surface area contributed by atoms with Crippen LogP contribution in [-0.4, -0.2) is 38.7 Å². The Morgan fingerprint density at radius 3 is 2.43 bits per heavy atom. The Kier molecular flexibility index (Phi) is 6.91. The monoisotopic (exact) mass is 368 g/mol. The SMILES string of the molecule is CC1CC(NC(=O)c2ccc(S(=O)(=O)C(F)F)cc2)CCN1.Cl. The van der Waals surface area contributed by atoms with Gasteiger partial charge in [0.25, 0.3) is 5.91 Å². The highest BCUT2D eigenvalue weighted by Crippen LogP contribution is 2.19. The van der Waals surface area contributed by atoms with Crippen LogP contribution in [0.2, 0.25) is 0 Å². The van der Waals surface area contributed by atoms with Gasteiger partial charge >= 0.3 is 5.76 Å². The second-order valence-electron chi connectivity index (χ2n) is 5.38. The molecule has 1 heterocycles. The maximum atomic E-state index is 12.4. The maximum absolute atomic E-state index is 12.4. The molecule has 0 aliphatic carbocycles. The third-order valence-electron chi connectivity index (χ3n) is 3.64. The van der Waals surface area contributed by atoms with Crippen LogP contribution in [0.5, 0.6) is 0 Å². The molecule has 1 aliphatic rings. The van der Waals surface area contributed by atoms with Crippen molar-refractivity contribution < 1.29 is 22.0 Å². The van der Waals surface area contributed by atoms with Gasteiger partial charge in [-0.25, -0.2) is 8.42 Å². The Hall–Kier alpha value is -1.25. The first-order valence-electron chi connectivity index (χ1n) is 6.97. The van der Waals surface area contributed by atoms with Gasteiger partial charge in [-0.3, -0.25) is 4.79 Å². The number of sulfone groups is 1. The molecule has 1 aromatic rings. The smallest absolute Gasteiger partial charge is 0.341 e. The summed E-state index contributed by atoms with van der Waals surface area (Å²) in [4.78, 5) is 11.6. The van der Waals surface area contributed by atoms with E-state index in [-0.39, 0.29) is 29.9 Å². The standard InChI is InChI=1S/C14H18F2N2O3S.ClH/c1-9-8-11(6-7-17-9)18-13(19)10-2-4-12(5-3-10)22(20,21)14(15)16;/h2-5,9,11,14,17H,6-8H2,1H3,(H,18,19);1H. The van der Waals surface area contributed by atoms with Gasteiger partial charge in [-0.15, -0.1) is 12.4 Å². The maximum Gasteiger partial charge on any atom is 0.341 e. The van der Waals surface area contributed by atoms with Gasteiger partial charge < -0.3 is 10.6 Å². The van der Waals surface area contributed by atoms with E-state index in [0.717, 1.165) is 31.5 Å². The van der Waals surface area contributed by atoms with Gasteiger partial charge in [-0.2, -0.15) is 8.78 Å². The summed E-state index contributed by atoms with van der Waals surface area (Å²) in [6.45, 7) is 2.85. The molecule has 2 N–H and O–H groups in total. The van der Waals surface area contributed by atoms with Crippen molar-refractivity contribution in [2.24, 2.45) is 0 Å². The van der Waals surface area contributed by atoms with Gasteiger partial charge in [0.05, 0.1) is 4.90 Å². The van der Waals surface area contributed by atoms with Gasteiger partial charge in [-0.1, -0.05) is 0 Å². The summed E-state index contributed by atoms with van der Waals surface area (Å²) in [5.41, 5.74) is 0.249. The zero-order valence-corrected chi connectivity index (χ0v) is 14.1. The summed E-state index contributed by atoms with van der Waals surface area (Å²) in [6, 6.07) is 4.92. The van der Waals surface area contributed by atoms with Crippen LogP contribution in [0.3, 0.4) is 0 Å². The largest absolute Gasteiger partial charge is 0.349 e. The lowest BCUT2D eigenvalue weighted by Crippen LogP contribution is -2.46. The highest BCUT2D eigenvalue weighted by atomic mass is 35.5. The third-order valence-corrected chi connectivity index (χ3v) is 5.04. The molecule has 2 rings (SSSR count). The molecule has 23 heavy (non-hydrogen) atoms. The molecular weight excluding hydrogens is 350 g/mol. The van der Waals surface area contributed by atoms with Crippen LogP contribution >= 0.6 is 12.4 Å². The molecule has 0 aromatic heterocycles. The summed E-state index contributed by atoms with van der Waals surface area (Å²) < 4.78 is 47.5. The third kappa shape index (κ3) is 4.86. The first kappa shape index (κ1) is 19.8. The van der Waals surface area contributed by atoms with Crippen molar-refractivity contribution in [2.45, 2.75) is 42.5 Å². The van der Waals surface area contributed by atoms with Crippen molar-refractivity contribution in [2.75, 3.05) is 6.54 Å². The van der Waals surface area contributed by atoms with Crippen molar-refractivity contribution in [1.82, 2.24) is 10.6 Å². The summed E-state index contributed by atoms with van der Waals surface area (Å²) >= 11 is 0. The van der Waals surface area contributed by atoms with Crippen LogP contribution in [0.1, 0.15) is 30.1 Å². The predicted octanol–water partition coefficient (Wildman–Crippen LogP) is 1.98. The van der Waals surface area contributed by atoms with Crippen molar-refractivity contribution in [3.05, 3.63) is 29.8 Å². The van der Waals surface area contributed by atoms with Crippen molar-refractivity contribution in [3.63, 3.8) is 0 Å². The van der Waals surface area contributed by atoms with Crippen LogP contribution < -0.4 is 10.6 Å². The number of amides is 1. The molecule has 5 nitrogen and oxygen atoms in total. The number of carbonyl (C=O) groups is 1. The highest BCUT2D eigenvalue weighted by Gasteiger charge is 2.27. The fourth-order valence-electron chi connectivity index (χ4n) is 2.43. The molecule has 1 aromatic carbocycles. The lowest BCUT2D eigenvalue weighted by molar-refractivity contribution is 0.0925. The summed E-state index contributed by atoms with van der Waals surface area (Å²) in [6.07, 6.45) is 1.62.